The average molecular weight is 546 g/mol. The molecule has 0 aliphatic carbocycles. The smallest absolute Gasteiger partial charge is 0.227 e. The van der Waals surface area contributed by atoms with Gasteiger partial charge in [0, 0.05) is 54.8 Å². The van der Waals surface area contributed by atoms with Gasteiger partial charge in [0.15, 0.2) is 0 Å². The number of halogens is 1. The van der Waals surface area contributed by atoms with E-state index in [9.17, 15) is 4.79 Å². The van der Waals surface area contributed by atoms with E-state index in [-0.39, 0.29) is 35.7 Å². The molecular weight excluding hydrogens is 506 g/mol. The number of nitrogens with one attached hydrogen (secondary N) is 1. The Kier molecular flexibility index (Phi) is 8.91. The van der Waals surface area contributed by atoms with E-state index in [0.29, 0.717) is 11.6 Å². The fourth-order valence-corrected chi connectivity index (χ4v) is 7.11. The van der Waals surface area contributed by atoms with E-state index in [4.69, 9.17) is 16.3 Å². The number of hydrogen-bond donors (Lipinski definition) is 1. The van der Waals surface area contributed by atoms with Gasteiger partial charge in [0.05, 0.1) is 13.0 Å². The number of nitrogens with zero attached hydrogens (tertiary/aromatic N) is 2. The molecule has 0 spiro atoms. The highest BCUT2D eigenvalue weighted by molar-refractivity contribution is 6.30. The lowest BCUT2D eigenvalue weighted by Gasteiger charge is -2.57. The van der Waals surface area contributed by atoms with Crippen molar-refractivity contribution in [2.45, 2.75) is 44.8 Å². The standard InChI is InChI=1S/C33H40ClN3O2/c1-4-36(5-2)33(38)28-22-37-19-18-27(28)31(35-21-25-20-26(34)16-17-29(25)39-3)32(37)30(23-12-8-6-9-13-23)24-14-10-7-11-15-24/h6-17,20,27-28,30-32,35H,4-5,18-19,21-22H2,1-3H3. The lowest BCUT2D eigenvalue weighted by atomic mass is 9.66. The molecule has 1 N–H and O–H groups in total. The van der Waals surface area contributed by atoms with E-state index in [1.54, 1.807) is 7.11 Å². The highest BCUT2D eigenvalue weighted by Crippen LogP contribution is 2.45. The third kappa shape index (κ3) is 5.72. The van der Waals surface area contributed by atoms with Gasteiger partial charge in [-0.05, 0) is 62.1 Å². The quantitative estimate of drug-likeness (QED) is 0.348. The van der Waals surface area contributed by atoms with Gasteiger partial charge < -0.3 is 15.0 Å². The maximum Gasteiger partial charge on any atom is 0.227 e. The highest BCUT2D eigenvalue weighted by atomic mass is 35.5. The van der Waals surface area contributed by atoms with Crippen molar-refractivity contribution in [3.63, 3.8) is 0 Å². The van der Waals surface area contributed by atoms with Gasteiger partial charge in [0.25, 0.3) is 0 Å². The molecule has 3 aromatic carbocycles. The van der Waals surface area contributed by atoms with E-state index < -0.39 is 0 Å². The molecule has 2 bridgehead atoms. The number of benzene rings is 3. The zero-order valence-electron chi connectivity index (χ0n) is 23.2. The Morgan fingerprint density at radius 3 is 2.26 bits per heavy atom. The Hall–Kier alpha value is -2.86. The number of methoxy groups -OCH3 is 1. The van der Waals surface area contributed by atoms with Crippen LogP contribution >= 0.6 is 11.6 Å². The van der Waals surface area contributed by atoms with Gasteiger partial charge >= 0.3 is 0 Å². The van der Waals surface area contributed by atoms with Crippen LogP contribution in [0.2, 0.25) is 5.02 Å². The number of carbonyl (C=O) groups is 1. The Bertz CT molecular complexity index is 1190. The van der Waals surface area contributed by atoms with Crippen molar-refractivity contribution in [1.82, 2.24) is 15.1 Å². The lowest BCUT2D eigenvalue weighted by molar-refractivity contribution is -0.145. The van der Waals surface area contributed by atoms with Gasteiger partial charge in [0.1, 0.15) is 5.75 Å². The third-order valence-corrected chi connectivity index (χ3v) is 9.01. The number of piperidine rings is 3. The predicted octanol–water partition coefficient (Wildman–Crippen LogP) is 5.83. The Balaban J connectivity index is 1.55. The molecule has 39 heavy (non-hydrogen) atoms. The van der Waals surface area contributed by atoms with Crippen molar-refractivity contribution in [3.05, 3.63) is 101 Å². The summed E-state index contributed by atoms with van der Waals surface area (Å²) in [6.07, 6.45) is 1.01. The van der Waals surface area contributed by atoms with Gasteiger partial charge in [-0.1, -0.05) is 72.3 Å². The highest BCUT2D eigenvalue weighted by Gasteiger charge is 2.52. The number of amides is 1. The summed E-state index contributed by atoms with van der Waals surface area (Å²) in [4.78, 5) is 18.4. The van der Waals surface area contributed by atoms with Crippen LogP contribution in [0.15, 0.2) is 78.9 Å². The first-order valence-corrected chi connectivity index (χ1v) is 14.6. The van der Waals surface area contributed by atoms with Crippen molar-refractivity contribution >= 4 is 17.5 Å². The molecule has 5 nitrogen and oxygen atoms in total. The first-order valence-electron chi connectivity index (χ1n) is 14.2. The zero-order valence-corrected chi connectivity index (χ0v) is 24.0. The SMILES string of the molecule is CCN(CC)C(=O)C1CN2CCC1C(NCc1cc(Cl)ccc1OC)C2C(c1ccccc1)c1ccccc1. The zero-order chi connectivity index (χ0) is 27.4. The Morgan fingerprint density at radius 1 is 1.03 bits per heavy atom. The Morgan fingerprint density at radius 2 is 1.67 bits per heavy atom. The van der Waals surface area contributed by atoms with Gasteiger partial charge in [-0.3, -0.25) is 9.69 Å². The molecule has 3 aromatic rings. The van der Waals surface area contributed by atoms with Gasteiger partial charge in [-0.25, -0.2) is 0 Å². The normalized spacial score (nSPS) is 24.1. The minimum atomic E-state index is -0.0131. The van der Waals surface area contributed by atoms with E-state index in [1.165, 1.54) is 11.1 Å². The fourth-order valence-electron chi connectivity index (χ4n) is 6.92. The fraction of sp³-hybridized carbons (Fsp3) is 0.424. The summed E-state index contributed by atoms with van der Waals surface area (Å²) in [5.41, 5.74) is 3.64. The first-order chi connectivity index (χ1) is 19.0. The third-order valence-electron chi connectivity index (χ3n) is 8.77. The number of rotatable bonds is 10. The van der Waals surface area contributed by atoms with Gasteiger partial charge in [0.2, 0.25) is 5.91 Å². The second kappa shape index (κ2) is 12.5. The average Bonchev–Trinajstić information content (AvgIpc) is 2.98. The van der Waals surface area contributed by atoms with Crippen LogP contribution < -0.4 is 10.1 Å². The number of hydrogen-bond acceptors (Lipinski definition) is 4. The van der Waals surface area contributed by atoms with Crippen LogP contribution in [0.5, 0.6) is 5.75 Å². The lowest BCUT2D eigenvalue weighted by Crippen LogP contribution is -2.69. The van der Waals surface area contributed by atoms with Gasteiger partial charge in [-0.2, -0.15) is 0 Å². The van der Waals surface area contributed by atoms with E-state index in [1.807, 2.05) is 23.1 Å². The number of fused-ring (bicyclic) bond motifs is 3. The summed E-state index contributed by atoms with van der Waals surface area (Å²) >= 11 is 6.39. The van der Waals surface area contributed by atoms with Crippen LogP contribution in [0, 0.1) is 11.8 Å². The largest absolute Gasteiger partial charge is 0.496 e. The van der Waals surface area contributed by atoms with Gasteiger partial charge in [-0.15, -0.1) is 0 Å². The molecule has 0 radical (unpaired) electrons. The molecule has 3 heterocycles. The van der Waals surface area contributed by atoms with Crippen LogP contribution in [0.3, 0.4) is 0 Å². The summed E-state index contributed by atoms with van der Waals surface area (Å²) in [7, 11) is 1.70. The second-order valence-corrected chi connectivity index (χ2v) is 11.2. The van der Waals surface area contributed by atoms with Crippen molar-refractivity contribution in [1.29, 1.82) is 0 Å². The van der Waals surface area contributed by atoms with Crippen molar-refractivity contribution in [2.24, 2.45) is 11.8 Å². The minimum Gasteiger partial charge on any atom is -0.496 e. The molecule has 206 valence electrons. The predicted molar refractivity (Wildman–Crippen MR) is 158 cm³/mol. The molecule has 3 saturated heterocycles. The molecule has 5 unspecified atom stereocenters. The molecule has 0 aromatic heterocycles. The molecule has 3 aliphatic rings. The maximum absolute atomic E-state index is 13.8. The Labute approximate surface area is 238 Å². The van der Waals surface area contributed by atoms with E-state index >= 15 is 0 Å². The van der Waals surface area contributed by atoms with Crippen LogP contribution in [-0.2, 0) is 11.3 Å². The van der Waals surface area contributed by atoms with Crippen molar-refractivity contribution in [2.75, 3.05) is 33.3 Å². The molecule has 1 amide bonds. The molecule has 3 fully saturated rings. The van der Waals surface area contributed by atoms with Crippen LogP contribution in [-0.4, -0.2) is 61.1 Å². The molecule has 6 heteroatoms. The number of ether oxygens (including phenoxy) is 1. The van der Waals surface area contributed by atoms with Crippen molar-refractivity contribution < 1.29 is 9.53 Å². The minimum absolute atomic E-state index is 0.0131. The summed E-state index contributed by atoms with van der Waals surface area (Å²) in [5.74, 6) is 1.52. The molecule has 6 rings (SSSR count). The summed E-state index contributed by atoms with van der Waals surface area (Å²) in [6.45, 7) is 8.08. The molecule has 5 atom stereocenters. The molecular formula is C33H40ClN3O2. The van der Waals surface area contributed by atoms with E-state index in [0.717, 1.165) is 43.9 Å². The summed E-state index contributed by atoms with van der Waals surface area (Å²) < 4.78 is 5.67. The van der Waals surface area contributed by atoms with Crippen LogP contribution in [0.4, 0.5) is 0 Å². The maximum atomic E-state index is 13.8. The summed E-state index contributed by atoms with van der Waals surface area (Å²) in [5, 5.41) is 4.64. The number of carbonyl (C=O) groups excluding carboxylic acids is 1. The first kappa shape index (κ1) is 27.7. The van der Waals surface area contributed by atoms with E-state index in [2.05, 4.69) is 84.7 Å². The summed E-state index contributed by atoms with van der Waals surface area (Å²) in [6, 6.07) is 27.8. The monoisotopic (exact) mass is 545 g/mol. The van der Waals surface area contributed by atoms with Crippen LogP contribution in [0.1, 0.15) is 42.9 Å². The topological polar surface area (TPSA) is 44.8 Å². The molecule has 3 aliphatic heterocycles. The second-order valence-electron chi connectivity index (χ2n) is 10.7. The van der Waals surface area contributed by atoms with Crippen molar-refractivity contribution in [3.8, 4) is 5.75 Å². The van der Waals surface area contributed by atoms with Crippen LogP contribution in [0.25, 0.3) is 0 Å². The molecule has 0 saturated carbocycles.